The normalized spacial score (nSPS) is 10.2. The number of carbonyl (C=O) groups excluding carboxylic acids is 1. The van der Waals surface area contributed by atoms with E-state index < -0.39 is 5.97 Å². The first kappa shape index (κ1) is 14.7. The van der Waals surface area contributed by atoms with E-state index in [1.165, 1.54) is 0 Å². The molecule has 0 unspecified atom stereocenters. The maximum atomic E-state index is 12.3. The zero-order valence-corrected chi connectivity index (χ0v) is 11.9. The molecule has 2 N–H and O–H groups in total. The molecule has 21 heavy (non-hydrogen) atoms. The van der Waals surface area contributed by atoms with E-state index in [2.05, 4.69) is 10.3 Å². The fourth-order valence-electron chi connectivity index (χ4n) is 2.15. The molecule has 0 aliphatic carbocycles. The zero-order chi connectivity index (χ0) is 15.4. The summed E-state index contributed by atoms with van der Waals surface area (Å²) in [5, 5.41) is 12.1. The van der Waals surface area contributed by atoms with Crippen molar-refractivity contribution < 1.29 is 14.7 Å². The minimum absolute atomic E-state index is 0.0576. The molecule has 0 saturated carbocycles. The molecule has 2 aromatic rings. The van der Waals surface area contributed by atoms with Crippen LogP contribution in [0.5, 0.6) is 0 Å². The molecule has 1 amide bonds. The summed E-state index contributed by atoms with van der Waals surface area (Å²) in [4.78, 5) is 27.6. The predicted molar refractivity (Wildman–Crippen MR) is 78.3 cm³/mol. The van der Waals surface area contributed by atoms with Gasteiger partial charge in [-0.05, 0) is 42.7 Å². The van der Waals surface area contributed by atoms with Crippen LogP contribution in [0.3, 0.4) is 0 Å². The lowest BCUT2D eigenvalue weighted by Gasteiger charge is -2.12. The lowest BCUT2D eigenvalue weighted by molar-refractivity contribution is 0.0690. The van der Waals surface area contributed by atoms with Gasteiger partial charge in [-0.3, -0.25) is 9.78 Å². The Bertz CT molecular complexity index is 681. The summed E-state index contributed by atoms with van der Waals surface area (Å²) in [5.41, 5.74) is 2.40. The molecule has 0 fully saturated rings. The Balaban J connectivity index is 2.27. The number of amides is 1. The molecular weight excluding hydrogens is 268 g/mol. The molecule has 0 spiro atoms. The van der Waals surface area contributed by atoms with Crippen LogP contribution in [0.25, 0.3) is 0 Å². The van der Waals surface area contributed by atoms with Gasteiger partial charge in [0.15, 0.2) is 0 Å². The highest BCUT2D eigenvalue weighted by molar-refractivity contribution is 6.06. The number of hydrogen-bond donors (Lipinski definition) is 2. The van der Waals surface area contributed by atoms with E-state index in [0.717, 1.165) is 5.56 Å². The molecule has 0 aliphatic rings. The van der Waals surface area contributed by atoms with Crippen molar-refractivity contribution in [2.24, 2.45) is 0 Å². The number of benzene rings is 1. The molecule has 2 rings (SSSR count). The van der Waals surface area contributed by atoms with Crippen LogP contribution in [0, 0.1) is 13.8 Å². The van der Waals surface area contributed by atoms with Crippen molar-refractivity contribution in [3.8, 4) is 0 Å². The molecule has 0 saturated heterocycles. The Labute approximate surface area is 122 Å². The molecule has 1 aromatic carbocycles. The van der Waals surface area contributed by atoms with Gasteiger partial charge in [-0.1, -0.05) is 12.1 Å². The molecule has 108 valence electrons. The maximum Gasteiger partial charge on any atom is 0.336 e. The number of rotatable bonds is 4. The number of carbonyl (C=O) groups is 2. The third kappa shape index (κ3) is 3.25. The second-order valence-corrected chi connectivity index (χ2v) is 4.79. The van der Waals surface area contributed by atoms with Crippen LogP contribution >= 0.6 is 0 Å². The van der Waals surface area contributed by atoms with E-state index in [4.69, 9.17) is 0 Å². The van der Waals surface area contributed by atoms with Gasteiger partial charge in [0.05, 0.1) is 11.1 Å². The van der Waals surface area contributed by atoms with Crippen LogP contribution in [0.2, 0.25) is 0 Å². The second-order valence-electron chi connectivity index (χ2n) is 4.79. The first-order chi connectivity index (χ1) is 10.0. The number of nitrogens with one attached hydrogen (secondary N) is 1. The van der Waals surface area contributed by atoms with Crippen molar-refractivity contribution in [2.45, 2.75) is 20.4 Å². The third-order valence-electron chi connectivity index (χ3n) is 3.27. The Morgan fingerprint density at radius 3 is 2.19 bits per heavy atom. The SMILES string of the molecule is Cc1ccc(C)c(C(=O)NCc2ccncc2)c1C(=O)O. The van der Waals surface area contributed by atoms with Gasteiger partial charge in [0.25, 0.3) is 5.91 Å². The van der Waals surface area contributed by atoms with Gasteiger partial charge in [0.2, 0.25) is 0 Å². The fraction of sp³-hybridized carbons (Fsp3) is 0.188. The van der Waals surface area contributed by atoms with Crippen molar-refractivity contribution in [1.82, 2.24) is 10.3 Å². The predicted octanol–water partition coefficient (Wildman–Crippen LogP) is 2.33. The number of aryl methyl sites for hydroxylation is 2. The number of aromatic nitrogens is 1. The smallest absolute Gasteiger partial charge is 0.336 e. The first-order valence-electron chi connectivity index (χ1n) is 6.51. The first-order valence-corrected chi connectivity index (χ1v) is 6.51. The molecule has 5 heteroatoms. The molecule has 0 aliphatic heterocycles. The highest BCUT2D eigenvalue weighted by atomic mass is 16.4. The average Bonchev–Trinajstić information content (AvgIpc) is 2.47. The van der Waals surface area contributed by atoms with Crippen molar-refractivity contribution in [2.75, 3.05) is 0 Å². The van der Waals surface area contributed by atoms with Crippen molar-refractivity contribution in [3.63, 3.8) is 0 Å². The van der Waals surface area contributed by atoms with Crippen LogP contribution in [0.15, 0.2) is 36.7 Å². The Morgan fingerprint density at radius 1 is 1.05 bits per heavy atom. The number of aromatic carboxylic acids is 1. The van der Waals surface area contributed by atoms with Crippen LogP contribution in [-0.2, 0) is 6.54 Å². The van der Waals surface area contributed by atoms with Crippen molar-refractivity contribution >= 4 is 11.9 Å². The standard InChI is InChI=1S/C16H16N2O3/c1-10-3-4-11(2)14(16(20)21)13(10)15(19)18-9-12-5-7-17-8-6-12/h3-8H,9H2,1-2H3,(H,18,19)(H,20,21). The summed E-state index contributed by atoms with van der Waals surface area (Å²) in [6.45, 7) is 3.74. The number of pyridine rings is 1. The molecule has 0 bridgehead atoms. The van der Waals surface area contributed by atoms with E-state index in [0.29, 0.717) is 17.7 Å². The van der Waals surface area contributed by atoms with Crippen LogP contribution in [-0.4, -0.2) is 22.0 Å². The van der Waals surface area contributed by atoms with Gasteiger partial charge in [0.1, 0.15) is 0 Å². The van der Waals surface area contributed by atoms with Gasteiger partial charge in [-0.15, -0.1) is 0 Å². The highest BCUT2D eigenvalue weighted by Crippen LogP contribution is 2.19. The minimum atomic E-state index is -1.09. The molecular formula is C16H16N2O3. The number of nitrogens with zero attached hydrogens (tertiary/aromatic N) is 1. The van der Waals surface area contributed by atoms with E-state index in [1.54, 1.807) is 50.5 Å². The van der Waals surface area contributed by atoms with E-state index >= 15 is 0 Å². The van der Waals surface area contributed by atoms with Gasteiger partial charge in [-0.25, -0.2) is 4.79 Å². The van der Waals surface area contributed by atoms with Crippen molar-refractivity contribution in [1.29, 1.82) is 0 Å². The summed E-state index contributed by atoms with van der Waals surface area (Å²) in [7, 11) is 0. The molecule has 0 atom stereocenters. The second kappa shape index (κ2) is 6.17. The molecule has 1 heterocycles. The molecule has 1 aromatic heterocycles. The van der Waals surface area contributed by atoms with Gasteiger partial charge >= 0.3 is 5.97 Å². The van der Waals surface area contributed by atoms with Gasteiger partial charge < -0.3 is 10.4 Å². The van der Waals surface area contributed by atoms with Crippen LogP contribution in [0.4, 0.5) is 0 Å². The Morgan fingerprint density at radius 2 is 1.62 bits per heavy atom. The third-order valence-corrected chi connectivity index (χ3v) is 3.27. The largest absolute Gasteiger partial charge is 0.478 e. The number of carboxylic acid groups (broad SMARTS) is 1. The number of carboxylic acids is 1. The molecule has 0 radical (unpaired) electrons. The van der Waals surface area contributed by atoms with Gasteiger partial charge in [0, 0.05) is 18.9 Å². The summed E-state index contributed by atoms with van der Waals surface area (Å²) in [6, 6.07) is 7.05. The zero-order valence-electron chi connectivity index (χ0n) is 11.9. The summed E-state index contributed by atoms with van der Waals surface area (Å²) in [6.07, 6.45) is 3.28. The lowest BCUT2D eigenvalue weighted by atomic mass is 9.96. The van der Waals surface area contributed by atoms with E-state index in [9.17, 15) is 14.7 Å². The van der Waals surface area contributed by atoms with Crippen LogP contribution < -0.4 is 5.32 Å². The van der Waals surface area contributed by atoms with E-state index in [1.807, 2.05) is 0 Å². The summed E-state index contributed by atoms with van der Waals surface area (Å²) >= 11 is 0. The maximum absolute atomic E-state index is 12.3. The minimum Gasteiger partial charge on any atom is -0.478 e. The summed E-state index contributed by atoms with van der Waals surface area (Å²) in [5.74, 6) is -1.48. The summed E-state index contributed by atoms with van der Waals surface area (Å²) < 4.78 is 0. The lowest BCUT2D eigenvalue weighted by Crippen LogP contribution is -2.26. The average molecular weight is 284 g/mol. The quantitative estimate of drug-likeness (QED) is 0.903. The number of hydrogen-bond acceptors (Lipinski definition) is 3. The monoisotopic (exact) mass is 284 g/mol. The van der Waals surface area contributed by atoms with E-state index in [-0.39, 0.29) is 17.0 Å². The Kier molecular flexibility index (Phi) is 4.33. The van der Waals surface area contributed by atoms with Crippen LogP contribution in [0.1, 0.15) is 37.4 Å². The molecule has 5 nitrogen and oxygen atoms in total. The van der Waals surface area contributed by atoms with Crippen molar-refractivity contribution in [3.05, 3.63) is 64.5 Å². The topological polar surface area (TPSA) is 79.3 Å². The highest BCUT2D eigenvalue weighted by Gasteiger charge is 2.20. The fourth-order valence-corrected chi connectivity index (χ4v) is 2.15. The van der Waals surface area contributed by atoms with Gasteiger partial charge in [-0.2, -0.15) is 0 Å². The Hall–Kier alpha value is -2.69.